The van der Waals surface area contributed by atoms with Crippen LogP contribution < -0.4 is 10.6 Å². The maximum Gasteiger partial charge on any atom is 0.223 e. The number of hydrogen-bond acceptors (Lipinski definition) is 4. The Morgan fingerprint density at radius 3 is 2.55 bits per heavy atom. The van der Waals surface area contributed by atoms with Crippen molar-refractivity contribution < 1.29 is 9.32 Å². The van der Waals surface area contributed by atoms with Crippen LogP contribution in [0.2, 0.25) is 0 Å². The minimum absolute atomic E-state index is 0.0866. The molecule has 1 aromatic heterocycles. The summed E-state index contributed by atoms with van der Waals surface area (Å²) in [6, 6.07) is 0. The highest BCUT2D eigenvalue weighted by atomic mass is 16.5. The fourth-order valence-electron chi connectivity index (χ4n) is 2.04. The quantitative estimate of drug-likeness (QED) is 0.579. The van der Waals surface area contributed by atoms with Crippen LogP contribution in [-0.2, 0) is 24.2 Å². The van der Waals surface area contributed by atoms with Crippen molar-refractivity contribution in [1.29, 1.82) is 0 Å². The molecule has 0 bridgehead atoms. The molecule has 0 aliphatic rings. The number of nitrogens with one attached hydrogen (secondary N) is 2. The molecule has 0 saturated heterocycles. The molecule has 0 aromatic carbocycles. The van der Waals surface area contributed by atoms with E-state index in [1.165, 1.54) is 0 Å². The first-order valence-corrected chi connectivity index (χ1v) is 7.64. The number of guanidine groups is 1. The van der Waals surface area contributed by atoms with Gasteiger partial charge in [0, 0.05) is 52.6 Å². The van der Waals surface area contributed by atoms with Crippen LogP contribution in [0.25, 0.3) is 0 Å². The molecule has 0 atom stereocenters. The Morgan fingerprint density at radius 2 is 2.00 bits per heavy atom. The Labute approximate surface area is 132 Å². The zero-order chi connectivity index (χ0) is 16.5. The third kappa shape index (κ3) is 5.05. The maximum atomic E-state index is 11.5. The number of aryl methyl sites for hydroxylation is 2. The Kier molecular flexibility index (Phi) is 7.42. The van der Waals surface area contributed by atoms with Crippen LogP contribution in [0.1, 0.15) is 37.3 Å². The molecule has 22 heavy (non-hydrogen) atoms. The first-order valence-electron chi connectivity index (χ1n) is 7.64. The first-order chi connectivity index (χ1) is 10.5. The lowest BCUT2D eigenvalue weighted by molar-refractivity contribution is -0.128. The first kappa shape index (κ1) is 18.0. The largest absolute Gasteiger partial charge is 0.361 e. The highest BCUT2D eigenvalue weighted by Gasteiger charge is 2.13. The zero-order valence-corrected chi connectivity index (χ0v) is 14.2. The summed E-state index contributed by atoms with van der Waals surface area (Å²) in [4.78, 5) is 17.3. The molecule has 0 spiro atoms. The second kappa shape index (κ2) is 9.07. The molecule has 1 rings (SSSR count). The molecule has 2 N–H and O–H groups in total. The summed E-state index contributed by atoms with van der Waals surface area (Å²) >= 11 is 0. The summed E-state index contributed by atoms with van der Waals surface area (Å²) in [5, 5.41) is 10.5. The summed E-state index contributed by atoms with van der Waals surface area (Å²) in [5.74, 6) is 1.66. The van der Waals surface area contributed by atoms with Gasteiger partial charge in [0.2, 0.25) is 5.91 Å². The van der Waals surface area contributed by atoms with E-state index in [0.29, 0.717) is 25.5 Å². The van der Waals surface area contributed by atoms with E-state index in [9.17, 15) is 4.79 Å². The molecule has 1 heterocycles. The molecule has 0 aliphatic carbocycles. The lowest BCUT2D eigenvalue weighted by Crippen LogP contribution is -2.39. The molecular formula is C15H27N5O2. The van der Waals surface area contributed by atoms with E-state index in [1.807, 2.05) is 6.92 Å². The van der Waals surface area contributed by atoms with Gasteiger partial charge in [-0.3, -0.25) is 9.79 Å². The van der Waals surface area contributed by atoms with Gasteiger partial charge < -0.3 is 20.1 Å². The van der Waals surface area contributed by atoms with Gasteiger partial charge in [-0.2, -0.15) is 0 Å². The number of amides is 1. The second-order valence-corrected chi connectivity index (χ2v) is 5.13. The van der Waals surface area contributed by atoms with Gasteiger partial charge in [-0.1, -0.05) is 19.0 Å². The van der Waals surface area contributed by atoms with Crippen LogP contribution in [-0.4, -0.2) is 49.6 Å². The van der Waals surface area contributed by atoms with E-state index >= 15 is 0 Å². The minimum Gasteiger partial charge on any atom is -0.361 e. The summed E-state index contributed by atoms with van der Waals surface area (Å²) in [7, 11) is 5.21. The molecule has 124 valence electrons. The second-order valence-electron chi connectivity index (χ2n) is 5.13. The van der Waals surface area contributed by atoms with Gasteiger partial charge in [-0.15, -0.1) is 0 Å². The number of nitrogens with zero attached hydrogens (tertiary/aromatic N) is 3. The molecule has 0 unspecified atom stereocenters. The van der Waals surface area contributed by atoms with Crippen molar-refractivity contribution in [3.05, 3.63) is 17.0 Å². The average Bonchev–Trinajstić information content (AvgIpc) is 2.92. The van der Waals surface area contributed by atoms with Crippen molar-refractivity contribution in [2.75, 3.05) is 27.7 Å². The molecule has 1 amide bonds. The Bertz CT molecular complexity index is 487. The summed E-state index contributed by atoms with van der Waals surface area (Å²) in [6.07, 6.45) is 2.08. The molecule has 0 aliphatic heterocycles. The summed E-state index contributed by atoms with van der Waals surface area (Å²) < 4.78 is 5.34. The van der Waals surface area contributed by atoms with Crippen LogP contribution in [0.3, 0.4) is 0 Å². The Balaban J connectivity index is 2.51. The molecular weight excluding hydrogens is 282 g/mol. The maximum absolute atomic E-state index is 11.5. The standard InChI is InChI=1S/C15H27N5O2/c1-6-12-11(13(7-2)22-19-12)10-18-15(16-3)17-9-8-14(21)20(4)5/h6-10H2,1-5H3,(H2,16,17,18). The summed E-state index contributed by atoms with van der Waals surface area (Å²) in [5.41, 5.74) is 2.07. The van der Waals surface area contributed by atoms with Gasteiger partial charge in [-0.05, 0) is 6.42 Å². The van der Waals surface area contributed by atoms with Crippen molar-refractivity contribution in [2.45, 2.75) is 39.7 Å². The molecule has 0 radical (unpaired) electrons. The van der Waals surface area contributed by atoms with Gasteiger partial charge in [-0.25, -0.2) is 0 Å². The van der Waals surface area contributed by atoms with Crippen molar-refractivity contribution in [2.24, 2.45) is 4.99 Å². The monoisotopic (exact) mass is 309 g/mol. The van der Waals surface area contributed by atoms with Gasteiger partial charge in [0.15, 0.2) is 5.96 Å². The lowest BCUT2D eigenvalue weighted by Gasteiger charge is -2.13. The predicted octanol–water partition coefficient (Wildman–Crippen LogP) is 0.943. The molecule has 7 nitrogen and oxygen atoms in total. The van der Waals surface area contributed by atoms with Crippen molar-refractivity contribution in [3.63, 3.8) is 0 Å². The van der Waals surface area contributed by atoms with Crippen molar-refractivity contribution in [1.82, 2.24) is 20.7 Å². The van der Waals surface area contributed by atoms with Crippen molar-refractivity contribution >= 4 is 11.9 Å². The van der Waals surface area contributed by atoms with Crippen LogP contribution >= 0.6 is 0 Å². The highest BCUT2D eigenvalue weighted by molar-refractivity contribution is 5.81. The fraction of sp³-hybridized carbons (Fsp3) is 0.667. The number of rotatable bonds is 7. The smallest absolute Gasteiger partial charge is 0.223 e. The SMILES string of the molecule is CCc1noc(CC)c1CNC(=NC)NCCC(=O)N(C)C. The van der Waals surface area contributed by atoms with Crippen LogP contribution in [0.5, 0.6) is 0 Å². The number of aliphatic imine (C=N–C) groups is 1. The Morgan fingerprint density at radius 1 is 1.27 bits per heavy atom. The minimum atomic E-state index is 0.0866. The molecule has 1 aromatic rings. The third-order valence-corrected chi connectivity index (χ3v) is 3.39. The fourth-order valence-corrected chi connectivity index (χ4v) is 2.04. The topological polar surface area (TPSA) is 82.8 Å². The van der Waals surface area contributed by atoms with E-state index in [4.69, 9.17) is 4.52 Å². The third-order valence-electron chi connectivity index (χ3n) is 3.39. The number of carbonyl (C=O) groups is 1. The predicted molar refractivity (Wildman–Crippen MR) is 86.8 cm³/mol. The summed E-state index contributed by atoms with van der Waals surface area (Å²) in [6.45, 7) is 5.25. The van der Waals surface area contributed by atoms with Gasteiger partial charge >= 0.3 is 0 Å². The van der Waals surface area contributed by atoms with E-state index in [1.54, 1.807) is 26.0 Å². The van der Waals surface area contributed by atoms with Crippen LogP contribution in [0.4, 0.5) is 0 Å². The normalized spacial score (nSPS) is 11.4. The van der Waals surface area contributed by atoms with Crippen LogP contribution in [0, 0.1) is 0 Å². The average molecular weight is 309 g/mol. The van der Waals surface area contributed by atoms with Crippen LogP contribution in [0.15, 0.2) is 9.52 Å². The van der Waals surface area contributed by atoms with E-state index in [0.717, 1.165) is 29.9 Å². The lowest BCUT2D eigenvalue weighted by atomic mass is 10.1. The van der Waals surface area contributed by atoms with Gasteiger partial charge in [0.1, 0.15) is 5.76 Å². The molecule has 0 saturated carbocycles. The van der Waals surface area contributed by atoms with E-state index in [2.05, 4.69) is 27.7 Å². The number of carbonyl (C=O) groups excluding carboxylic acids is 1. The van der Waals surface area contributed by atoms with E-state index < -0.39 is 0 Å². The molecule has 7 heteroatoms. The molecule has 0 fully saturated rings. The number of hydrogen-bond donors (Lipinski definition) is 2. The zero-order valence-electron chi connectivity index (χ0n) is 14.2. The van der Waals surface area contributed by atoms with Gasteiger partial charge in [0.25, 0.3) is 0 Å². The van der Waals surface area contributed by atoms with Gasteiger partial charge in [0.05, 0.1) is 5.69 Å². The van der Waals surface area contributed by atoms with Crippen molar-refractivity contribution in [3.8, 4) is 0 Å². The Hall–Kier alpha value is -2.05. The van der Waals surface area contributed by atoms with E-state index in [-0.39, 0.29) is 5.91 Å². The highest BCUT2D eigenvalue weighted by Crippen LogP contribution is 2.15. The number of aromatic nitrogens is 1.